The van der Waals surface area contributed by atoms with E-state index in [2.05, 4.69) is 12.2 Å². The number of ether oxygens (including phenoxy) is 1. The Bertz CT molecular complexity index is 517. The Morgan fingerprint density at radius 3 is 2.95 bits per heavy atom. The van der Waals surface area contributed by atoms with Gasteiger partial charge in [-0.2, -0.15) is 0 Å². The van der Waals surface area contributed by atoms with Crippen LogP contribution in [0.1, 0.15) is 49.8 Å². The van der Waals surface area contributed by atoms with Crippen LogP contribution >= 0.6 is 0 Å². The van der Waals surface area contributed by atoms with Crippen LogP contribution in [0, 0.1) is 0 Å². The van der Waals surface area contributed by atoms with Crippen molar-refractivity contribution >= 4 is 5.91 Å². The fourth-order valence-corrected chi connectivity index (χ4v) is 3.38. The SMILES string of the molecule is CC1CCC(CCC(=O)NC2c3ccccc3CC2O)O1. The number of rotatable bonds is 4. The zero-order valence-electron chi connectivity index (χ0n) is 12.4. The molecule has 1 aromatic rings. The molecule has 0 spiro atoms. The molecule has 1 aliphatic carbocycles. The third kappa shape index (κ3) is 3.27. The molecule has 2 aliphatic rings. The first-order valence-electron chi connectivity index (χ1n) is 7.84. The van der Waals surface area contributed by atoms with Crippen molar-refractivity contribution in [3.05, 3.63) is 35.4 Å². The normalized spacial score (nSPS) is 31.1. The van der Waals surface area contributed by atoms with Crippen LogP contribution in [0.5, 0.6) is 0 Å². The van der Waals surface area contributed by atoms with E-state index in [1.165, 1.54) is 0 Å². The number of aliphatic hydroxyl groups is 1. The van der Waals surface area contributed by atoms with Crippen molar-refractivity contribution < 1.29 is 14.6 Å². The number of aliphatic hydroxyl groups excluding tert-OH is 1. The molecule has 1 aliphatic heterocycles. The molecule has 2 N–H and O–H groups in total. The molecule has 1 saturated heterocycles. The van der Waals surface area contributed by atoms with Gasteiger partial charge in [0.05, 0.1) is 24.4 Å². The molecule has 0 bridgehead atoms. The van der Waals surface area contributed by atoms with Gasteiger partial charge in [0.15, 0.2) is 0 Å². The molecule has 4 atom stereocenters. The standard InChI is InChI=1S/C17H23NO3/c1-11-6-7-13(21-11)8-9-16(20)18-17-14-5-3-2-4-12(14)10-15(17)19/h2-5,11,13,15,17,19H,6-10H2,1H3,(H,18,20). The number of hydrogen-bond donors (Lipinski definition) is 2. The molecule has 0 saturated carbocycles. The maximum Gasteiger partial charge on any atom is 0.220 e. The molecule has 4 heteroatoms. The monoisotopic (exact) mass is 289 g/mol. The van der Waals surface area contributed by atoms with E-state index in [-0.39, 0.29) is 18.1 Å². The van der Waals surface area contributed by atoms with E-state index in [0.717, 1.165) is 30.4 Å². The third-order valence-electron chi connectivity index (χ3n) is 4.53. The van der Waals surface area contributed by atoms with Gasteiger partial charge in [0.25, 0.3) is 0 Å². The average Bonchev–Trinajstić information content (AvgIpc) is 3.01. The Morgan fingerprint density at radius 2 is 2.19 bits per heavy atom. The van der Waals surface area contributed by atoms with Crippen LogP contribution in [0.15, 0.2) is 24.3 Å². The lowest BCUT2D eigenvalue weighted by Gasteiger charge is -2.18. The van der Waals surface area contributed by atoms with Crippen LogP contribution < -0.4 is 5.32 Å². The zero-order chi connectivity index (χ0) is 14.8. The Hall–Kier alpha value is -1.39. The lowest BCUT2D eigenvalue weighted by Crippen LogP contribution is -2.34. The molecule has 21 heavy (non-hydrogen) atoms. The van der Waals surface area contributed by atoms with E-state index in [4.69, 9.17) is 4.74 Å². The summed E-state index contributed by atoms with van der Waals surface area (Å²) in [5.41, 5.74) is 2.17. The first-order valence-corrected chi connectivity index (χ1v) is 7.84. The highest BCUT2D eigenvalue weighted by Gasteiger charge is 2.32. The van der Waals surface area contributed by atoms with Crippen LogP contribution in [0.25, 0.3) is 0 Å². The summed E-state index contributed by atoms with van der Waals surface area (Å²) in [4.78, 5) is 12.1. The molecule has 4 nitrogen and oxygen atoms in total. The molecule has 0 aromatic heterocycles. The van der Waals surface area contributed by atoms with Gasteiger partial charge >= 0.3 is 0 Å². The largest absolute Gasteiger partial charge is 0.390 e. The second kappa shape index (κ2) is 6.16. The van der Waals surface area contributed by atoms with Crippen molar-refractivity contribution in [2.75, 3.05) is 0 Å². The van der Waals surface area contributed by atoms with Gasteiger partial charge < -0.3 is 15.2 Å². The van der Waals surface area contributed by atoms with Crippen LogP contribution in [0.2, 0.25) is 0 Å². The van der Waals surface area contributed by atoms with Gasteiger partial charge in [-0.1, -0.05) is 24.3 Å². The summed E-state index contributed by atoms with van der Waals surface area (Å²) in [7, 11) is 0. The molecule has 1 aromatic carbocycles. The van der Waals surface area contributed by atoms with E-state index in [1.807, 2.05) is 24.3 Å². The van der Waals surface area contributed by atoms with Crippen LogP contribution in [0.3, 0.4) is 0 Å². The number of amides is 1. The van der Waals surface area contributed by atoms with Crippen molar-refractivity contribution in [1.29, 1.82) is 0 Å². The van der Waals surface area contributed by atoms with Gasteiger partial charge in [-0.05, 0) is 37.3 Å². The maximum atomic E-state index is 12.1. The number of fused-ring (bicyclic) bond motifs is 1. The maximum absolute atomic E-state index is 12.1. The van der Waals surface area contributed by atoms with Gasteiger partial charge in [-0.25, -0.2) is 0 Å². The highest BCUT2D eigenvalue weighted by molar-refractivity contribution is 5.76. The van der Waals surface area contributed by atoms with Gasteiger partial charge in [-0.15, -0.1) is 0 Å². The second-order valence-electron chi connectivity index (χ2n) is 6.20. The molecular weight excluding hydrogens is 266 g/mol. The lowest BCUT2D eigenvalue weighted by atomic mass is 10.1. The number of nitrogens with one attached hydrogen (secondary N) is 1. The van der Waals surface area contributed by atoms with E-state index >= 15 is 0 Å². The van der Waals surface area contributed by atoms with Crippen molar-refractivity contribution in [2.45, 2.75) is 63.4 Å². The number of benzene rings is 1. The minimum atomic E-state index is -0.519. The number of carbonyl (C=O) groups excluding carboxylic acids is 1. The Morgan fingerprint density at radius 1 is 1.38 bits per heavy atom. The predicted octanol–water partition coefficient (Wildman–Crippen LogP) is 2.11. The smallest absolute Gasteiger partial charge is 0.220 e. The lowest BCUT2D eigenvalue weighted by molar-refractivity contribution is -0.123. The molecule has 1 amide bonds. The van der Waals surface area contributed by atoms with Crippen LogP contribution in [-0.2, 0) is 16.0 Å². The van der Waals surface area contributed by atoms with E-state index < -0.39 is 6.10 Å². The van der Waals surface area contributed by atoms with Gasteiger partial charge in [0, 0.05) is 12.8 Å². The fourth-order valence-electron chi connectivity index (χ4n) is 3.38. The van der Waals surface area contributed by atoms with Crippen molar-refractivity contribution in [3.8, 4) is 0 Å². The summed E-state index contributed by atoms with van der Waals surface area (Å²) in [6.07, 6.45) is 3.99. The molecule has 1 heterocycles. The van der Waals surface area contributed by atoms with Crippen LogP contribution in [-0.4, -0.2) is 29.3 Å². The summed E-state index contributed by atoms with van der Waals surface area (Å²) in [6, 6.07) is 7.65. The molecule has 4 unspecified atom stereocenters. The molecule has 1 fully saturated rings. The Balaban J connectivity index is 1.53. The zero-order valence-corrected chi connectivity index (χ0v) is 12.4. The number of carbonyl (C=O) groups is 1. The second-order valence-corrected chi connectivity index (χ2v) is 6.20. The highest BCUT2D eigenvalue weighted by Crippen LogP contribution is 2.31. The van der Waals surface area contributed by atoms with Crippen LogP contribution in [0.4, 0.5) is 0 Å². The van der Waals surface area contributed by atoms with Gasteiger partial charge in [0.1, 0.15) is 0 Å². The minimum Gasteiger partial charge on any atom is -0.390 e. The predicted molar refractivity (Wildman–Crippen MR) is 79.8 cm³/mol. The molecule has 114 valence electrons. The number of hydrogen-bond acceptors (Lipinski definition) is 3. The van der Waals surface area contributed by atoms with E-state index in [9.17, 15) is 9.90 Å². The first-order chi connectivity index (χ1) is 10.1. The van der Waals surface area contributed by atoms with Crippen molar-refractivity contribution in [3.63, 3.8) is 0 Å². The summed E-state index contributed by atoms with van der Waals surface area (Å²) >= 11 is 0. The molecular formula is C17H23NO3. The van der Waals surface area contributed by atoms with Gasteiger partial charge in [0.2, 0.25) is 5.91 Å². The Labute approximate surface area is 125 Å². The molecule has 3 rings (SSSR count). The first kappa shape index (κ1) is 14.5. The third-order valence-corrected chi connectivity index (χ3v) is 4.53. The van der Waals surface area contributed by atoms with E-state index in [0.29, 0.717) is 18.9 Å². The summed E-state index contributed by atoms with van der Waals surface area (Å²) in [5, 5.41) is 13.1. The Kier molecular flexibility index (Phi) is 4.27. The summed E-state index contributed by atoms with van der Waals surface area (Å²) < 4.78 is 5.73. The fraction of sp³-hybridized carbons (Fsp3) is 0.588. The summed E-state index contributed by atoms with van der Waals surface area (Å²) in [5.74, 6) is -0.00101. The highest BCUT2D eigenvalue weighted by atomic mass is 16.5. The summed E-state index contributed by atoms with van der Waals surface area (Å²) in [6.45, 7) is 2.08. The average molecular weight is 289 g/mol. The van der Waals surface area contributed by atoms with Crippen molar-refractivity contribution in [1.82, 2.24) is 5.32 Å². The quantitative estimate of drug-likeness (QED) is 0.892. The minimum absolute atomic E-state index is 0.00101. The van der Waals surface area contributed by atoms with Gasteiger partial charge in [-0.3, -0.25) is 4.79 Å². The topological polar surface area (TPSA) is 58.6 Å². The van der Waals surface area contributed by atoms with E-state index in [1.54, 1.807) is 0 Å². The van der Waals surface area contributed by atoms with Crippen molar-refractivity contribution in [2.24, 2.45) is 0 Å². The molecule has 0 radical (unpaired) electrons.